The van der Waals surface area contributed by atoms with Crippen LogP contribution in [0.3, 0.4) is 0 Å². The van der Waals surface area contributed by atoms with Crippen LogP contribution in [0, 0.1) is 5.92 Å². The van der Waals surface area contributed by atoms with E-state index in [1.807, 2.05) is 25.1 Å². The van der Waals surface area contributed by atoms with Gasteiger partial charge in [0.25, 0.3) is 0 Å². The van der Waals surface area contributed by atoms with E-state index in [4.69, 9.17) is 5.73 Å². The van der Waals surface area contributed by atoms with Gasteiger partial charge in [0.05, 0.1) is 0 Å². The lowest BCUT2D eigenvalue weighted by Crippen LogP contribution is -2.46. The molecule has 17 heavy (non-hydrogen) atoms. The van der Waals surface area contributed by atoms with Gasteiger partial charge in [0.2, 0.25) is 5.91 Å². The van der Waals surface area contributed by atoms with Crippen molar-refractivity contribution in [3.63, 3.8) is 0 Å². The fourth-order valence-corrected chi connectivity index (χ4v) is 1.46. The van der Waals surface area contributed by atoms with Gasteiger partial charge >= 0.3 is 0 Å². The number of aryl methyl sites for hydroxylation is 1. The Labute approximate surface area is 107 Å². The lowest BCUT2D eigenvalue weighted by molar-refractivity contribution is -0.125. The number of hydrazine groups is 1. The molecule has 92 valence electrons. The van der Waals surface area contributed by atoms with Crippen LogP contribution in [0.2, 0.25) is 0 Å². The van der Waals surface area contributed by atoms with E-state index in [0.29, 0.717) is 0 Å². The van der Waals surface area contributed by atoms with Gasteiger partial charge in [-0.1, -0.05) is 37.3 Å². The van der Waals surface area contributed by atoms with Crippen LogP contribution < -0.4 is 16.6 Å². The van der Waals surface area contributed by atoms with E-state index in [1.165, 1.54) is 5.56 Å². The second-order valence-electron chi connectivity index (χ2n) is 3.90. The summed E-state index contributed by atoms with van der Waals surface area (Å²) in [5.74, 6) is -0.189. The van der Waals surface area contributed by atoms with Gasteiger partial charge in [0.1, 0.15) is 0 Å². The highest BCUT2D eigenvalue weighted by Gasteiger charge is 2.12. The molecule has 1 atom stereocenters. The highest BCUT2D eigenvalue weighted by atomic mass is 32.1. The van der Waals surface area contributed by atoms with Gasteiger partial charge in [-0.2, -0.15) is 0 Å². The van der Waals surface area contributed by atoms with Gasteiger partial charge in [-0.05, 0) is 30.6 Å². The van der Waals surface area contributed by atoms with Crippen molar-refractivity contribution in [3.05, 3.63) is 35.9 Å². The summed E-state index contributed by atoms with van der Waals surface area (Å²) in [7, 11) is 0. The first-order valence-corrected chi connectivity index (χ1v) is 5.89. The molecule has 1 rings (SSSR count). The zero-order valence-corrected chi connectivity index (χ0v) is 10.6. The van der Waals surface area contributed by atoms with Gasteiger partial charge < -0.3 is 5.73 Å². The summed E-state index contributed by atoms with van der Waals surface area (Å²) >= 11 is 4.59. The molecule has 0 aliphatic carbocycles. The molecule has 0 aliphatic heterocycles. The predicted octanol–water partition coefficient (Wildman–Crippen LogP) is 1.12. The molecule has 1 aromatic carbocycles. The first-order chi connectivity index (χ1) is 8.09. The summed E-state index contributed by atoms with van der Waals surface area (Å²) in [6, 6.07) is 10.1. The first-order valence-electron chi connectivity index (χ1n) is 5.49. The number of thiocarbonyl (C=S) groups is 1. The zero-order chi connectivity index (χ0) is 12.7. The average Bonchev–Trinajstić information content (AvgIpc) is 2.34. The van der Waals surface area contributed by atoms with Crippen LogP contribution in [0.5, 0.6) is 0 Å². The third kappa shape index (κ3) is 5.31. The van der Waals surface area contributed by atoms with E-state index < -0.39 is 0 Å². The third-order valence-electron chi connectivity index (χ3n) is 2.47. The minimum Gasteiger partial charge on any atom is -0.375 e. The van der Waals surface area contributed by atoms with E-state index >= 15 is 0 Å². The maximum atomic E-state index is 11.6. The number of hydrogen-bond donors (Lipinski definition) is 3. The van der Waals surface area contributed by atoms with Crippen LogP contribution in [0.15, 0.2) is 30.3 Å². The summed E-state index contributed by atoms with van der Waals surface area (Å²) in [5, 5.41) is 0.0635. The maximum absolute atomic E-state index is 11.6. The molecule has 0 saturated heterocycles. The van der Waals surface area contributed by atoms with Crippen LogP contribution in [0.1, 0.15) is 18.9 Å². The quantitative estimate of drug-likeness (QED) is 0.554. The fraction of sp³-hybridized carbons (Fsp3) is 0.333. The van der Waals surface area contributed by atoms with E-state index in [2.05, 4.69) is 35.2 Å². The molecule has 0 radical (unpaired) electrons. The second kappa shape index (κ2) is 6.85. The minimum atomic E-state index is -0.103. The smallest absolute Gasteiger partial charge is 0.241 e. The third-order valence-corrected chi connectivity index (χ3v) is 2.57. The molecule has 4 nitrogen and oxygen atoms in total. The summed E-state index contributed by atoms with van der Waals surface area (Å²) in [6.45, 7) is 1.87. The van der Waals surface area contributed by atoms with Crippen molar-refractivity contribution in [3.8, 4) is 0 Å². The Bertz CT molecular complexity index is 381. The molecule has 0 saturated carbocycles. The molecule has 5 heteroatoms. The normalized spacial score (nSPS) is 11.6. The van der Waals surface area contributed by atoms with Crippen LogP contribution in [0.25, 0.3) is 0 Å². The monoisotopic (exact) mass is 251 g/mol. The van der Waals surface area contributed by atoms with Crippen LogP contribution in [0.4, 0.5) is 0 Å². The van der Waals surface area contributed by atoms with Crippen molar-refractivity contribution < 1.29 is 4.79 Å². The Balaban J connectivity index is 2.31. The van der Waals surface area contributed by atoms with E-state index in [-0.39, 0.29) is 16.9 Å². The van der Waals surface area contributed by atoms with Crippen LogP contribution in [-0.2, 0) is 11.2 Å². The Morgan fingerprint density at radius 2 is 2.00 bits per heavy atom. The van der Waals surface area contributed by atoms with Gasteiger partial charge in [-0.15, -0.1) is 0 Å². The minimum absolute atomic E-state index is 0.0635. The summed E-state index contributed by atoms with van der Waals surface area (Å²) in [6.07, 6.45) is 1.66. The topological polar surface area (TPSA) is 67.2 Å². The Kier molecular flexibility index (Phi) is 5.42. The van der Waals surface area contributed by atoms with E-state index in [9.17, 15) is 4.79 Å². The Morgan fingerprint density at radius 1 is 1.35 bits per heavy atom. The van der Waals surface area contributed by atoms with Crippen molar-refractivity contribution in [2.75, 3.05) is 0 Å². The molecule has 0 spiro atoms. The number of nitrogens with two attached hydrogens (primary N) is 1. The SMILES string of the molecule is CC(CCc1ccccc1)C(=O)NNC(N)=S. The maximum Gasteiger partial charge on any atom is 0.241 e. The number of nitrogens with one attached hydrogen (secondary N) is 2. The molecule has 4 N–H and O–H groups in total. The van der Waals surface area contributed by atoms with Gasteiger partial charge in [0.15, 0.2) is 5.11 Å². The number of carbonyl (C=O) groups is 1. The van der Waals surface area contributed by atoms with Gasteiger partial charge in [-0.3, -0.25) is 15.6 Å². The van der Waals surface area contributed by atoms with Gasteiger partial charge in [-0.25, -0.2) is 0 Å². The molecule has 0 bridgehead atoms. The van der Waals surface area contributed by atoms with Crippen molar-refractivity contribution in [2.45, 2.75) is 19.8 Å². The highest BCUT2D eigenvalue weighted by molar-refractivity contribution is 7.80. The summed E-state index contributed by atoms with van der Waals surface area (Å²) < 4.78 is 0. The molecule has 1 aromatic rings. The van der Waals surface area contributed by atoms with E-state index in [0.717, 1.165) is 12.8 Å². The molecule has 0 heterocycles. The molecule has 0 aromatic heterocycles. The average molecular weight is 251 g/mol. The zero-order valence-electron chi connectivity index (χ0n) is 9.77. The predicted molar refractivity (Wildman–Crippen MR) is 72.0 cm³/mol. The number of carbonyl (C=O) groups excluding carboxylic acids is 1. The van der Waals surface area contributed by atoms with Crippen molar-refractivity contribution in [2.24, 2.45) is 11.7 Å². The lowest BCUT2D eigenvalue weighted by atomic mass is 10.0. The highest BCUT2D eigenvalue weighted by Crippen LogP contribution is 2.09. The molecule has 0 fully saturated rings. The largest absolute Gasteiger partial charge is 0.375 e. The molecule has 1 amide bonds. The number of hydrogen-bond acceptors (Lipinski definition) is 2. The van der Waals surface area contributed by atoms with Crippen molar-refractivity contribution >= 4 is 23.2 Å². The number of benzene rings is 1. The van der Waals surface area contributed by atoms with Gasteiger partial charge in [0, 0.05) is 5.92 Å². The van der Waals surface area contributed by atoms with Crippen molar-refractivity contribution in [1.82, 2.24) is 10.9 Å². The molecule has 1 unspecified atom stereocenters. The summed E-state index contributed by atoms with van der Waals surface area (Å²) in [4.78, 5) is 11.6. The van der Waals surface area contributed by atoms with Crippen molar-refractivity contribution in [1.29, 1.82) is 0 Å². The Morgan fingerprint density at radius 3 is 2.59 bits per heavy atom. The molecular formula is C12H17N3OS. The standard InChI is InChI=1S/C12H17N3OS/c1-9(11(16)14-15-12(13)17)7-8-10-5-3-2-4-6-10/h2-6,9H,7-8H2,1H3,(H,14,16)(H3,13,15,17). The fourth-order valence-electron chi connectivity index (χ4n) is 1.41. The van der Waals surface area contributed by atoms with E-state index in [1.54, 1.807) is 0 Å². The number of amides is 1. The number of rotatable bonds is 4. The van der Waals surface area contributed by atoms with Crippen LogP contribution in [-0.4, -0.2) is 11.0 Å². The first kappa shape index (κ1) is 13.4. The lowest BCUT2D eigenvalue weighted by Gasteiger charge is -2.12. The Hall–Kier alpha value is -1.62. The second-order valence-corrected chi connectivity index (χ2v) is 4.34. The molecular weight excluding hydrogens is 234 g/mol. The van der Waals surface area contributed by atoms with Crippen LogP contribution >= 0.6 is 12.2 Å². The summed E-state index contributed by atoms with van der Waals surface area (Å²) in [5.41, 5.74) is 11.3. The molecule has 0 aliphatic rings.